The summed E-state index contributed by atoms with van der Waals surface area (Å²) in [5.41, 5.74) is 0. The molecule has 1 aromatic rings. The van der Waals surface area contributed by atoms with Crippen LogP contribution >= 0.6 is 0 Å². The zero-order valence-electron chi connectivity index (χ0n) is 14.3. The van der Waals surface area contributed by atoms with Crippen LogP contribution in [-0.2, 0) is 11.3 Å². The molecular formula is C16H28N6O. The third kappa shape index (κ3) is 4.09. The Morgan fingerprint density at radius 2 is 2.04 bits per heavy atom. The molecule has 23 heavy (non-hydrogen) atoms. The number of carbonyl (C=O) groups is 1. The zero-order chi connectivity index (χ0) is 16.2. The Bertz CT molecular complexity index is 505. The van der Waals surface area contributed by atoms with E-state index < -0.39 is 0 Å². The first-order chi connectivity index (χ1) is 11.1. The Morgan fingerprint density at radius 1 is 1.17 bits per heavy atom. The van der Waals surface area contributed by atoms with Gasteiger partial charge >= 0.3 is 0 Å². The second-order valence-corrected chi connectivity index (χ2v) is 6.86. The van der Waals surface area contributed by atoms with E-state index in [0.29, 0.717) is 12.0 Å². The molecule has 1 aromatic heterocycles. The number of carbonyl (C=O) groups excluding carboxylic acids is 1. The maximum atomic E-state index is 11.6. The van der Waals surface area contributed by atoms with Gasteiger partial charge in [-0.3, -0.25) is 19.3 Å². The molecule has 0 radical (unpaired) electrons. The molecular weight excluding hydrogens is 292 g/mol. The van der Waals surface area contributed by atoms with E-state index in [-0.39, 0.29) is 5.91 Å². The van der Waals surface area contributed by atoms with E-state index in [4.69, 9.17) is 0 Å². The van der Waals surface area contributed by atoms with Gasteiger partial charge in [0.05, 0.1) is 6.54 Å². The monoisotopic (exact) mass is 320 g/mol. The summed E-state index contributed by atoms with van der Waals surface area (Å²) >= 11 is 0. The SMILES string of the molecule is CC(=O)N1CCCN(C2CN(CCn3cncn3)CC2C)CC1. The molecule has 0 saturated carbocycles. The molecule has 0 N–H and O–H groups in total. The molecule has 2 saturated heterocycles. The van der Waals surface area contributed by atoms with Gasteiger partial charge in [-0.1, -0.05) is 6.92 Å². The van der Waals surface area contributed by atoms with E-state index in [1.807, 2.05) is 9.58 Å². The van der Waals surface area contributed by atoms with E-state index in [0.717, 1.165) is 58.8 Å². The highest BCUT2D eigenvalue weighted by atomic mass is 16.2. The van der Waals surface area contributed by atoms with E-state index in [1.54, 1.807) is 19.6 Å². The minimum atomic E-state index is 0.209. The molecule has 0 aromatic carbocycles. The number of likely N-dealkylation sites (tertiary alicyclic amines) is 1. The second-order valence-electron chi connectivity index (χ2n) is 6.86. The van der Waals surface area contributed by atoms with Crippen molar-refractivity contribution in [2.45, 2.75) is 32.9 Å². The molecule has 0 aliphatic carbocycles. The Hall–Kier alpha value is -1.47. The number of rotatable bonds is 4. The quantitative estimate of drug-likeness (QED) is 0.791. The standard InChI is InChI=1S/C16H28N6O/c1-14-10-19(6-9-22-13-17-12-18-22)11-16(14)21-5-3-4-20(7-8-21)15(2)23/h12-14,16H,3-11H2,1-2H3. The summed E-state index contributed by atoms with van der Waals surface area (Å²) < 4.78 is 1.90. The number of hydrogen-bond donors (Lipinski definition) is 0. The highest BCUT2D eigenvalue weighted by Gasteiger charge is 2.34. The Kier molecular flexibility index (Phi) is 5.27. The Labute approximate surface area is 138 Å². The first kappa shape index (κ1) is 16.4. The Morgan fingerprint density at radius 3 is 2.78 bits per heavy atom. The van der Waals surface area contributed by atoms with E-state index in [2.05, 4.69) is 26.8 Å². The number of hydrogen-bond acceptors (Lipinski definition) is 5. The Balaban J connectivity index is 1.51. The summed E-state index contributed by atoms with van der Waals surface area (Å²) in [5.74, 6) is 0.885. The lowest BCUT2D eigenvalue weighted by Gasteiger charge is -2.30. The topological polar surface area (TPSA) is 57.5 Å². The second kappa shape index (κ2) is 7.40. The summed E-state index contributed by atoms with van der Waals surface area (Å²) in [7, 11) is 0. The van der Waals surface area contributed by atoms with Gasteiger partial charge in [0.15, 0.2) is 0 Å². The average molecular weight is 320 g/mol. The third-order valence-electron chi connectivity index (χ3n) is 5.21. The minimum absolute atomic E-state index is 0.209. The van der Waals surface area contributed by atoms with Crippen LogP contribution < -0.4 is 0 Å². The molecule has 1 amide bonds. The summed E-state index contributed by atoms with van der Waals surface area (Å²) in [6, 6.07) is 0.609. The molecule has 2 atom stereocenters. The lowest BCUT2D eigenvalue weighted by atomic mass is 10.0. The van der Waals surface area contributed by atoms with Crippen LogP contribution in [0.25, 0.3) is 0 Å². The average Bonchev–Trinajstić information content (AvgIpc) is 3.09. The van der Waals surface area contributed by atoms with Crippen molar-refractivity contribution < 1.29 is 4.79 Å². The maximum Gasteiger partial charge on any atom is 0.219 e. The van der Waals surface area contributed by atoms with Crippen LogP contribution in [0.1, 0.15) is 20.3 Å². The van der Waals surface area contributed by atoms with Crippen LogP contribution in [0.15, 0.2) is 12.7 Å². The number of nitrogens with zero attached hydrogens (tertiary/aromatic N) is 6. The predicted octanol–water partition coefficient (Wildman–Crippen LogP) is 0.153. The van der Waals surface area contributed by atoms with Crippen LogP contribution in [0.3, 0.4) is 0 Å². The van der Waals surface area contributed by atoms with Crippen LogP contribution in [0.4, 0.5) is 0 Å². The molecule has 7 heteroatoms. The van der Waals surface area contributed by atoms with Crippen LogP contribution in [-0.4, -0.2) is 87.2 Å². The van der Waals surface area contributed by atoms with Crippen molar-refractivity contribution in [3.63, 3.8) is 0 Å². The van der Waals surface area contributed by atoms with Gasteiger partial charge in [-0.2, -0.15) is 5.10 Å². The maximum absolute atomic E-state index is 11.6. The summed E-state index contributed by atoms with van der Waals surface area (Å²) in [4.78, 5) is 22.7. The molecule has 2 unspecified atom stereocenters. The van der Waals surface area contributed by atoms with Crippen molar-refractivity contribution >= 4 is 5.91 Å². The highest BCUT2D eigenvalue weighted by Crippen LogP contribution is 2.23. The minimum Gasteiger partial charge on any atom is -0.342 e. The van der Waals surface area contributed by atoms with Crippen molar-refractivity contribution in [2.24, 2.45) is 5.92 Å². The van der Waals surface area contributed by atoms with Crippen molar-refractivity contribution in [1.29, 1.82) is 0 Å². The summed E-state index contributed by atoms with van der Waals surface area (Å²) in [5, 5.41) is 4.17. The van der Waals surface area contributed by atoms with Crippen molar-refractivity contribution in [3.8, 4) is 0 Å². The molecule has 128 valence electrons. The highest BCUT2D eigenvalue weighted by molar-refractivity contribution is 5.73. The number of aromatic nitrogens is 3. The number of amides is 1. The smallest absolute Gasteiger partial charge is 0.219 e. The van der Waals surface area contributed by atoms with Crippen LogP contribution in [0, 0.1) is 5.92 Å². The van der Waals surface area contributed by atoms with E-state index in [1.165, 1.54) is 0 Å². The van der Waals surface area contributed by atoms with Gasteiger partial charge in [-0.25, -0.2) is 4.98 Å². The van der Waals surface area contributed by atoms with Crippen LogP contribution in [0.5, 0.6) is 0 Å². The molecule has 2 aliphatic rings. The van der Waals surface area contributed by atoms with Gasteiger partial charge in [-0.05, 0) is 12.3 Å². The van der Waals surface area contributed by atoms with Crippen molar-refractivity contribution in [3.05, 3.63) is 12.7 Å². The zero-order valence-corrected chi connectivity index (χ0v) is 14.3. The molecule has 0 spiro atoms. The first-order valence-electron chi connectivity index (χ1n) is 8.68. The van der Waals surface area contributed by atoms with Crippen LogP contribution in [0.2, 0.25) is 0 Å². The fraction of sp³-hybridized carbons (Fsp3) is 0.812. The van der Waals surface area contributed by atoms with Crippen molar-refractivity contribution in [1.82, 2.24) is 29.5 Å². The fourth-order valence-electron chi connectivity index (χ4n) is 3.88. The normalized spacial score (nSPS) is 27.3. The fourth-order valence-corrected chi connectivity index (χ4v) is 3.88. The van der Waals surface area contributed by atoms with Gasteiger partial charge in [0.2, 0.25) is 5.91 Å². The van der Waals surface area contributed by atoms with E-state index >= 15 is 0 Å². The molecule has 0 bridgehead atoms. The van der Waals surface area contributed by atoms with Crippen molar-refractivity contribution in [2.75, 3.05) is 45.8 Å². The lowest BCUT2D eigenvalue weighted by molar-refractivity contribution is -0.128. The predicted molar refractivity (Wildman–Crippen MR) is 87.9 cm³/mol. The molecule has 2 aliphatic heterocycles. The van der Waals surface area contributed by atoms with Gasteiger partial charge in [0, 0.05) is 58.8 Å². The molecule has 3 rings (SSSR count). The first-order valence-corrected chi connectivity index (χ1v) is 8.68. The summed E-state index contributed by atoms with van der Waals surface area (Å²) in [6.07, 6.45) is 4.46. The van der Waals surface area contributed by atoms with Gasteiger partial charge in [0.25, 0.3) is 0 Å². The summed E-state index contributed by atoms with van der Waals surface area (Å²) in [6.45, 7) is 12.1. The lowest BCUT2D eigenvalue weighted by Crippen LogP contribution is -2.43. The molecule has 7 nitrogen and oxygen atoms in total. The third-order valence-corrected chi connectivity index (χ3v) is 5.21. The van der Waals surface area contributed by atoms with Gasteiger partial charge in [0.1, 0.15) is 12.7 Å². The van der Waals surface area contributed by atoms with Gasteiger partial charge < -0.3 is 4.90 Å². The molecule has 2 fully saturated rings. The molecule has 3 heterocycles. The van der Waals surface area contributed by atoms with Gasteiger partial charge in [-0.15, -0.1) is 0 Å². The van der Waals surface area contributed by atoms with E-state index in [9.17, 15) is 4.79 Å². The largest absolute Gasteiger partial charge is 0.342 e.